The van der Waals surface area contributed by atoms with Gasteiger partial charge >= 0.3 is 0 Å². The zero-order valence-electron chi connectivity index (χ0n) is 16.7. The molecule has 3 rings (SSSR count). The molecule has 0 saturated carbocycles. The molecule has 1 aliphatic rings. The van der Waals surface area contributed by atoms with Gasteiger partial charge in [-0.25, -0.2) is 0 Å². The predicted molar refractivity (Wildman–Crippen MR) is 106 cm³/mol. The highest BCUT2D eigenvalue weighted by atomic mass is 16.7. The number of hydrogen-bond acceptors (Lipinski definition) is 4. The second kappa shape index (κ2) is 8.33. The van der Waals surface area contributed by atoms with Crippen LogP contribution in [0.1, 0.15) is 40.9 Å². The third kappa shape index (κ3) is 4.44. The fourth-order valence-electron chi connectivity index (χ4n) is 2.99. The van der Waals surface area contributed by atoms with E-state index in [2.05, 4.69) is 10.6 Å². The van der Waals surface area contributed by atoms with Gasteiger partial charge in [0.15, 0.2) is 11.5 Å². The van der Waals surface area contributed by atoms with E-state index in [4.69, 9.17) is 9.47 Å². The molecule has 1 aliphatic heterocycles. The monoisotopic (exact) mass is 382 g/mol. The van der Waals surface area contributed by atoms with Crippen LogP contribution in [-0.4, -0.2) is 24.6 Å². The number of benzene rings is 2. The summed E-state index contributed by atoms with van der Waals surface area (Å²) >= 11 is 0. The van der Waals surface area contributed by atoms with Crippen molar-refractivity contribution in [3.63, 3.8) is 0 Å². The minimum absolute atomic E-state index is 0.0488. The quantitative estimate of drug-likeness (QED) is 0.805. The van der Waals surface area contributed by atoms with Crippen molar-refractivity contribution in [2.75, 3.05) is 6.79 Å². The Bertz CT molecular complexity index is 892. The van der Waals surface area contributed by atoms with Gasteiger partial charge in [-0.15, -0.1) is 0 Å². The maximum absolute atomic E-state index is 12.7. The van der Waals surface area contributed by atoms with Gasteiger partial charge in [-0.05, 0) is 60.7 Å². The van der Waals surface area contributed by atoms with Crippen molar-refractivity contribution in [2.45, 2.75) is 40.3 Å². The summed E-state index contributed by atoms with van der Waals surface area (Å²) in [4.78, 5) is 25.3. The number of aryl methyl sites for hydroxylation is 2. The van der Waals surface area contributed by atoms with Crippen LogP contribution in [0.15, 0.2) is 36.4 Å². The molecule has 2 aromatic rings. The molecular weight excluding hydrogens is 356 g/mol. The fraction of sp³-hybridized carbons (Fsp3) is 0.364. The zero-order chi connectivity index (χ0) is 20.3. The molecule has 28 heavy (non-hydrogen) atoms. The van der Waals surface area contributed by atoms with E-state index >= 15 is 0 Å². The first-order chi connectivity index (χ1) is 13.3. The highest BCUT2D eigenvalue weighted by molar-refractivity contribution is 5.97. The Labute approximate surface area is 165 Å². The van der Waals surface area contributed by atoms with Crippen molar-refractivity contribution >= 4 is 11.8 Å². The number of hydrogen-bond donors (Lipinski definition) is 2. The Hall–Kier alpha value is -3.02. The van der Waals surface area contributed by atoms with E-state index in [-0.39, 0.29) is 24.5 Å². The molecule has 6 nitrogen and oxygen atoms in total. The number of nitrogens with one attached hydrogen (secondary N) is 2. The molecule has 1 heterocycles. The first-order valence-corrected chi connectivity index (χ1v) is 9.39. The van der Waals surface area contributed by atoms with Gasteiger partial charge in [-0.2, -0.15) is 0 Å². The third-order valence-corrected chi connectivity index (χ3v) is 4.91. The molecule has 0 fully saturated rings. The zero-order valence-corrected chi connectivity index (χ0v) is 16.7. The lowest BCUT2D eigenvalue weighted by Crippen LogP contribution is -2.49. The van der Waals surface area contributed by atoms with Crippen molar-refractivity contribution in [3.8, 4) is 11.5 Å². The molecule has 1 atom stereocenters. The number of amides is 2. The minimum Gasteiger partial charge on any atom is -0.454 e. The Morgan fingerprint density at radius 2 is 1.75 bits per heavy atom. The number of rotatable bonds is 6. The van der Waals surface area contributed by atoms with Gasteiger partial charge < -0.3 is 20.1 Å². The van der Waals surface area contributed by atoms with Gasteiger partial charge in [0, 0.05) is 12.1 Å². The lowest BCUT2D eigenvalue weighted by Gasteiger charge is -2.22. The normalized spacial score (nSPS) is 13.3. The van der Waals surface area contributed by atoms with E-state index in [1.165, 1.54) is 0 Å². The maximum atomic E-state index is 12.7. The number of carbonyl (C=O) groups is 2. The first-order valence-electron chi connectivity index (χ1n) is 9.39. The van der Waals surface area contributed by atoms with Gasteiger partial charge in [0.05, 0.1) is 0 Å². The molecule has 0 aromatic heterocycles. The standard InChI is InChI=1S/C22H26N2O4/c1-13(2)20(24-21(25)17-7-5-14(3)15(4)9-17)22(26)23-11-16-6-8-18-19(10-16)28-12-27-18/h5-10,13,20H,11-12H2,1-4H3,(H,23,26)(H,24,25)/t20-/m1/s1. The van der Waals surface area contributed by atoms with Crippen LogP contribution in [0.2, 0.25) is 0 Å². The summed E-state index contributed by atoms with van der Waals surface area (Å²) in [5.74, 6) is 0.864. The van der Waals surface area contributed by atoms with Crippen LogP contribution in [0, 0.1) is 19.8 Å². The smallest absolute Gasteiger partial charge is 0.251 e. The van der Waals surface area contributed by atoms with E-state index in [1.807, 2.05) is 58.0 Å². The molecular formula is C22H26N2O4. The van der Waals surface area contributed by atoms with Crippen molar-refractivity contribution in [1.82, 2.24) is 10.6 Å². The Morgan fingerprint density at radius 1 is 1.00 bits per heavy atom. The van der Waals surface area contributed by atoms with E-state index < -0.39 is 6.04 Å². The van der Waals surface area contributed by atoms with Crippen LogP contribution in [0.4, 0.5) is 0 Å². The highest BCUT2D eigenvalue weighted by Crippen LogP contribution is 2.32. The van der Waals surface area contributed by atoms with E-state index in [1.54, 1.807) is 6.07 Å². The van der Waals surface area contributed by atoms with E-state index in [0.717, 1.165) is 16.7 Å². The number of carbonyl (C=O) groups excluding carboxylic acids is 2. The van der Waals surface area contributed by atoms with Crippen LogP contribution in [-0.2, 0) is 11.3 Å². The molecule has 0 spiro atoms. The van der Waals surface area contributed by atoms with E-state index in [9.17, 15) is 9.59 Å². The van der Waals surface area contributed by atoms with Gasteiger partial charge in [0.1, 0.15) is 6.04 Å². The second-order valence-electron chi connectivity index (χ2n) is 7.40. The van der Waals surface area contributed by atoms with Crippen molar-refractivity contribution in [2.24, 2.45) is 5.92 Å². The van der Waals surface area contributed by atoms with Crippen LogP contribution in [0.25, 0.3) is 0 Å². The molecule has 0 unspecified atom stereocenters. The summed E-state index contributed by atoms with van der Waals surface area (Å²) in [7, 11) is 0. The summed E-state index contributed by atoms with van der Waals surface area (Å²) in [5.41, 5.74) is 3.62. The molecule has 148 valence electrons. The summed E-state index contributed by atoms with van der Waals surface area (Å²) < 4.78 is 10.7. The molecule has 2 N–H and O–H groups in total. The highest BCUT2D eigenvalue weighted by Gasteiger charge is 2.25. The molecule has 6 heteroatoms. The Morgan fingerprint density at radius 3 is 2.46 bits per heavy atom. The van der Waals surface area contributed by atoms with Gasteiger partial charge in [-0.3, -0.25) is 9.59 Å². The number of fused-ring (bicyclic) bond motifs is 1. The van der Waals surface area contributed by atoms with Crippen molar-refractivity contribution < 1.29 is 19.1 Å². The summed E-state index contributed by atoms with van der Waals surface area (Å²) in [6.45, 7) is 8.34. The van der Waals surface area contributed by atoms with Crippen LogP contribution >= 0.6 is 0 Å². The topological polar surface area (TPSA) is 76.7 Å². The summed E-state index contributed by atoms with van der Waals surface area (Å²) in [6.07, 6.45) is 0. The summed E-state index contributed by atoms with van der Waals surface area (Å²) in [5, 5.41) is 5.76. The Balaban J connectivity index is 1.63. The van der Waals surface area contributed by atoms with Gasteiger partial charge in [0.2, 0.25) is 12.7 Å². The summed E-state index contributed by atoms with van der Waals surface area (Å²) in [6, 6.07) is 10.5. The first kappa shape index (κ1) is 19.7. The molecule has 0 bridgehead atoms. The third-order valence-electron chi connectivity index (χ3n) is 4.91. The van der Waals surface area contributed by atoms with Crippen LogP contribution in [0.5, 0.6) is 11.5 Å². The predicted octanol–water partition coefficient (Wildman–Crippen LogP) is 3.10. The largest absolute Gasteiger partial charge is 0.454 e. The number of ether oxygens (including phenoxy) is 2. The molecule has 0 aliphatic carbocycles. The maximum Gasteiger partial charge on any atom is 0.251 e. The molecule has 2 aromatic carbocycles. The fourth-order valence-corrected chi connectivity index (χ4v) is 2.99. The molecule has 0 saturated heterocycles. The average Bonchev–Trinajstić information content (AvgIpc) is 3.13. The lowest BCUT2D eigenvalue weighted by molar-refractivity contribution is -0.124. The second-order valence-corrected chi connectivity index (χ2v) is 7.40. The molecule has 2 amide bonds. The van der Waals surface area contributed by atoms with E-state index in [0.29, 0.717) is 23.6 Å². The Kier molecular flexibility index (Phi) is 5.87. The minimum atomic E-state index is -0.622. The SMILES string of the molecule is Cc1ccc(C(=O)N[C@@H](C(=O)NCc2ccc3c(c2)OCO3)C(C)C)cc1C. The van der Waals surface area contributed by atoms with Crippen LogP contribution < -0.4 is 20.1 Å². The molecule has 0 radical (unpaired) electrons. The van der Waals surface area contributed by atoms with Crippen molar-refractivity contribution in [1.29, 1.82) is 0 Å². The lowest BCUT2D eigenvalue weighted by atomic mass is 10.0. The van der Waals surface area contributed by atoms with Crippen LogP contribution in [0.3, 0.4) is 0 Å². The van der Waals surface area contributed by atoms with Gasteiger partial charge in [-0.1, -0.05) is 26.0 Å². The van der Waals surface area contributed by atoms with Crippen molar-refractivity contribution in [3.05, 3.63) is 58.7 Å². The van der Waals surface area contributed by atoms with Gasteiger partial charge in [0.25, 0.3) is 5.91 Å². The average molecular weight is 382 g/mol.